The van der Waals surface area contributed by atoms with Crippen molar-refractivity contribution in [3.63, 3.8) is 0 Å². The summed E-state index contributed by atoms with van der Waals surface area (Å²) in [4.78, 5) is 0. The summed E-state index contributed by atoms with van der Waals surface area (Å²) in [6.07, 6.45) is 0. The van der Waals surface area contributed by atoms with Gasteiger partial charge in [-0.25, -0.2) is 8.78 Å². The van der Waals surface area contributed by atoms with Crippen LogP contribution < -0.4 is 5.73 Å². The van der Waals surface area contributed by atoms with Crippen molar-refractivity contribution < 1.29 is 8.78 Å². The van der Waals surface area contributed by atoms with Crippen LogP contribution in [0, 0.1) is 17.6 Å². The lowest BCUT2D eigenvalue weighted by Gasteiger charge is -2.29. The third kappa shape index (κ3) is 2.10. The minimum absolute atomic E-state index is 0.115. The van der Waals surface area contributed by atoms with Gasteiger partial charge in [0.25, 0.3) is 0 Å². The maximum absolute atomic E-state index is 12.9. The number of halogens is 2. The van der Waals surface area contributed by atoms with Crippen molar-refractivity contribution in [1.82, 2.24) is 0 Å². The Balaban J connectivity index is 3.18. The zero-order valence-electron chi connectivity index (χ0n) is 8.64. The Morgan fingerprint density at radius 3 is 1.93 bits per heavy atom. The molecule has 1 aromatic carbocycles. The fourth-order valence-electron chi connectivity index (χ4n) is 1.20. The molecule has 0 aliphatic carbocycles. The molecule has 0 aliphatic rings. The van der Waals surface area contributed by atoms with E-state index in [2.05, 4.69) is 0 Å². The van der Waals surface area contributed by atoms with Crippen LogP contribution >= 0.6 is 0 Å². The molecule has 1 rings (SSSR count). The van der Waals surface area contributed by atoms with Crippen LogP contribution in [0.5, 0.6) is 0 Å². The highest BCUT2D eigenvalue weighted by Crippen LogP contribution is 2.27. The summed E-state index contributed by atoms with van der Waals surface area (Å²) in [5.41, 5.74) is 5.77. The highest BCUT2D eigenvalue weighted by Gasteiger charge is 2.26. The zero-order valence-corrected chi connectivity index (χ0v) is 8.64. The average molecular weight is 199 g/mol. The topological polar surface area (TPSA) is 26.0 Å². The fraction of sp³-hybridized carbons (Fsp3) is 0.455. The molecule has 0 aromatic heterocycles. The van der Waals surface area contributed by atoms with Gasteiger partial charge in [-0.05, 0) is 30.5 Å². The molecule has 3 heteroatoms. The molecule has 0 fully saturated rings. The van der Waals surface area contributed by atoms with Gasteiger partial charge in [-0.2, -0.15) is 0 Å². The lowest BCUT2D eigenvalue weighted by atomic mass is 9.83. The molecule has 0 bridgehead atoms. The van der Waals surface area contributed by atoms with Crippen molar-refractivity contribution in [2.75, 3.05) is 0 Å². The Morgan fingerprint density at radius 2 is 1.57 bits per heavy atom. The molecule has 0 saturated heterocycles. The first-order valence-electron chi connectivity index (χ1n) is 4.59. The van der Waals surface area contributed by atoms with Crippen LogP contribution in [0.2, 0.25) is 0 Å². The molecule has 0 aliphatic heterocycles. The average Bonchev–Trinajstić information content (AvgIpc) is 2.01. The van der Waals surface area contributed by atoms with E-state index in [9.17, 15) is 8.78 Å². The maximum atomic E-state index is 12.9. The molecular weight excluding hydrogens is 184 g/mol. The largest absolute Gasteiger partial charge is 0.321 e. The number of rotatable bonds is 2. The van der Waals surface area contributed by atoms with Gasteiger partial charge in [-0.15, -0.1) is 0 Å². The lowest BCUT2D eigenvalue weighted by Crippen LogP contribution is -2.38. The Morgan fingerprint density at radius 1 is 1.14 bits per heavy atom. The molecule has 0 heterocycles. The Labute approximate surface area is 82.9 Å². The Hall–Kier alpha value is -0.960. The fourth-order valence-corrected chi connectivity index (χ4v) is 1.20. The van der Waals surface area contributed by atoms with Gasteiger partial charge in [0.2, 0.25) is 0 Å². The van der Waals surface area contributed by atoms with Crippen LogP contribution in [0.25, 0.3) is 0 Å². The van der Waals surface area contributed by atoms with Gasteiger partial charge in [0, 0.05) is 11.6 Å². The monoisotopic (exact) mass is 199 g/mol. The standard InChI is InChI=1S/C11H15F2N/c1-7(2)11(3,14)8-4-9(12)6-10(13)5-8/h4-7H,14H2,1-3H3. The first kappa shape index (κ1) is 11.1. The van der Waals surface area contributed by atoms with Crippen LogP contribution in [0.1, 0.15) is 26.3 Å². The molecule has 1 nitrogen and oxygen atoms in total. The van der Waals surface area contributed by atoms with Gasteiger partial charge in [0.15, 0.2) is 0 Å². The van der Waals surface area contributed by atoms with E-state index in [1.165, 1.54) is 12.1 Å². The van der Waals surface area contributed by atoms with Crippen molar-refractivity contribution >= 4 is 0 Å². The number of benzene rings is 1. The van der Waals surface area contributed by atoms with Gasteiger partial charge < -0.3 is 5.73 Å². The van der Waals surface area contributed by atoms with E-state index >= 15 is 0 Å². The van der Waals surface area contributed by atoms with Gasteiger partial charge in [0.05, 0.1) is 0 Å². The van der Waals surface area contributed by atoms with Crippen LogP contribution in [0.15, 0.2) is 18.2 Å². The van der Waals surface area contributed by atoms with E-state index in [1.54, 1.807) is 6.92 Å². The molecule has 0 saturated carbocycles. The molecule has 14 heavy (non-hydrogen) atoms. The molecule has 0 radical (unpaired) electrons. The number of hydrogen-bond acceptors (Lipinski definition) is 1. The van der Waals surface area contributed by atoms with Gasteiger partial charge in [-0.3, -0.25) is 0 Å². The first-order valence-corrected chi connectivity index (χ1v) is 4.59. The lowest BCUT2D eigenvalue weighted by molar-refractivity contribution is 0.347. The normalized spacial score (nSPS) is 15.6. The molecule has 78 valence electrons. The van der Waals surface area contributed by atoms with E-state index in [4.69, 9.17) is 5.73 Å². The van der Waals surface area contributed by atoms with Gasteiger partial charge in [0.1, 0.15) is 11.6 Å². The van der Waals surface area contributed by atoms with Gasteiger partial charge in [-0.1, -0.05) is 13.8 Å². The summed E-state index contributed by atoms with van der Waals surface area (Å²) in [7, 11) is 0. The third-order valence-electron chi connectivity index (χ3n) is 2.68. The zero-order chi connectivity index (χ0) is 10.9. The Kier molecular flexibility index (Phi) is 2.90. The van der Waals surface area contributed by atoms with Crippen LogP contribution in [-0.4, -0.2) is 0 Å². The number of hydrogen-bond donors (Lipinski definition) is 1. The second-order valence-electron chi connectivity index (χ2n) is 4.10. The number of nitrogens with two attached hydrogens (primary N) is 1. The second-order valence-corrected chi connectivity index (χ2v) is 4.10. The third-order valence-corrected chi connectivity index (χ3v) is 2.68. The van der Waals surface area contributed by atoms with E-state index in [1.807, 2.05) is 13.8 Å². The summed E-state index contributed by atoms with van der Waals surface area (Å²) in [6.45, 7) is 5.61. The van der Waals surface area contributed by atoms with Crippen molar-refractivity contribution in [2.45, 2.75) is 26.3 Å². The molecule has 1 aromatic rings. The summed E-state index contributed by atoms with van der Waals surface area (Å²) in [5, 5.41) is 0. The summed E-state index contributed by atoms with van der Waals surface area (Å²) in [6, 6.07) is 3.41. The smallest absolute Gasteiger partial charge is 0.126 e. The second kappa shape index (κ2) is 3.65. The van der Waals surface area contributed by atoms with Crippen molar-refractivity contribution in [3.05, 3.63) is 35.4 Å². The first-order chi connectivity index (χ1) is 6.34. The van der Waals surface area contributed by atoms with E-state index in [0.717, 1.165) is 6.07 Å². The van der Waals surface area contributed by atoms with Crippen molar-refractivity contribution in [3.8, 4) is 0 Å². The molecule has 2 N–H and O–H groups in total. The molecule has 0 amide bonds. The van der Waals surface area contributed by atoms with Crippen molar-refractivity contribution in [2.24, 2.45) is 11.7 Å². The quantitative estimate of drug-likeness (QED) is 0.778. The van der Waals surface area contributed by atoms with E-state index < -0.39 is 17.2 Å². The van der Waals surface area contributed by atoms with Crippen LogP contribution in [-0.2, 0) is 5.54 Å². The summed E-state index contributed by atoms with van der Waals surface area (Å²) in [5.74, 6) is -1.06. The van der Waals surface area contributed by atoms with E-state index in [-0.39, 0.29) is 5.92 Å². The minimum Gasteiger partial charge on any atom is -0.321 e. The van der Waals surface area contributed by atoms with Crippen molar-refractivity contribution in [1.29, 1.82) is 0 Å². The summed E-state index contributed by atoms with van der Waals surface area (Å²) >= 11 is 0. The van der Waals surface area contributed by atoms with Crippen LogP contribution in [0.4, 0.5) is 8.78 Å². The molecular formula is C11H15F2N. The molecule has 1 unspecified atom stereocenters. The van der Waals surface area contributed by atoms with E-state index in [0.29, 0.717) is 5.56 Å². The molecule has 1 atom stereocenters. The maximum Gasteiger partial charge on any atom is 0.126 e. The highest BCUT2D eigenvalue weighted by atomic mass is 19.1. The van der Waals surface area contributed by atoms with Gasteiger partial charge >= 0.3 is 0 Å². The molecule has 0 spiro atoms. The minimum atomic E-state index is -0.705. The van der Waals surface area contributed by atoms with Crippen LogP contribution in [0.3, 0.4) is 0 Å². The predicted molar refractivity (Wildman–Crippen MR) is 52.7 cm³/mol. The summed E-state index contributed by atoms with van der Waals surface area (Å²) < 4.78 is 25.9. The SMILES string of the molecule is CC(C)C(C)(N)c1cc(F)cc(F)c1. The predicted octanol–water partition coefficient (Wildman–Crippen LogP) is 2.79. The Bertz CT molecular complexity index is 312. The highest BCUT2D eigenvalue weighted by molar-refractivity contribution is 5.25.